The minimum Gasteiger partial charge on any atom is -0.352 e. The summed E-state index contributed by atoms with van der Waals surface area (Å²) in [5.74, 6) is 0.437. The van der Waals surface area contributed by atoms with Crippen LogP contribution in [0.1, 0.15) is 12.8 Å². The molecule has 0 radical (unpaired) electrons. The molecule has 20 heavy (non-hydrogen) atoms. The number of imide groups is 1. The molecular weight excluding hydrogens is 302 g/mol. The molecule has 2 fully saturated rings. The number of nitrogens with one attached hydrogen (secondary N) is 1. The first-order valence-electron chi connectivity index (χ1n) is 6.54. The van der Waals surface area contributed by atoms with Crippen molar-refractivity contribution < 1.29 is 14.4 Å². The maximum absolute atomic E-state index is 12.2. The summed E-state index contributed by atoms with van der Waals surface area (Å²) in [4.78, 5) is 38.6. The van der Waals surface area contributed by atoms with E-state index in [0.29, 0.717) is 25.1 Å². The topological polar surface area (TPSA) is 69.7 Å². The van der Waals surface area contributed by atoms with E-state index in [0.717, 1.165) is 0 Å². The number of thioether (sulfide) groups is 1. The number of alkyl halides is 1. The number of rotatable bonds is 5. The molecule has 2 heterocycles. The molecule has 112 valence electrons. The highest BCUT2D eigenvalue weighted by molar-refractivity contribution is 7.99. The Morgan fingerprint density at radius 3 is 2.90 bits per heavy atom. The summed E-state index contributed by atoms with van der Waals surface area (Å²) in [6.45, 7) is 0.744. The molecule has 2 unspecified atom stereocenters. The third-order valence-corrected chi connectivity index (χ3v) is 4.30. The number of nitrogens with zero attached hydrogens (tertiary/aromatic N) is 2. The highest BCUT2D eigenvalue weighted by Crippen LogP contribution is 2.26. The lowest BCUT2D eigenvalue weighted by molar-refractivity contribution is -0.129. The van der Waals surface area contributed by atoms with Gasteiger partial charge in [0, 0.05) is 25.0 Å². The summed E-state index contributed by atoms with van der Waals surface area (Å²) < 4.78 is 0. The maximum atomic E-state index is 12.2. The molecule has 0 saturated carbocycles. The van der Waals surface area contributed by atoms with E-state index in [1.165, 1.54) is 16.7 Å². The zero-order valence-corrected chi connectivity index (χ0v) is 12.9. The number of amides is 4. The van der Waals surface area contributed by atoms with Crippen molar-refractivity contribution in [2.24, 2.45) is 0 Å². The van der Waals surface area contributed by atoms with E-state index in [1.807, 2.05) is 6.26 Å². The van der Waals surface area contributed by atoms with Crippen molar-refractivity contribution in [1.29, 1.82) is 0 Å². The molecule has 4 amide bonds. The SMILES string of the molecule is CSCC(=O)NC1CCN2C(=O)N(CCCl)C(=O)C2C1. The van der Waals surface area contributed by atoms with Crippen molar-refractivity contribution in [3.63, 3.8) is 0 Å². The summed E-state index contributed by atoms with van der Waals surface area (Å²) >= 11 is 7.08. The molecule has 2 atom stereocenters. The Balaban J connectivity index is 1.97. The van der Waals surface area contributed by atoms with Crippen LogP contribution in [-0.2, 0) is 9.59 Å². The van der Waals surface area contributed by atoms with Gasteiger partial charge in [0.25, 0.3) is 5.91 Å². The van der Waals surface area contributed by atoms with Crippen LogP contribution in [0.25, 0.3) is 0 Å². The van der Waals surface area contributed by atoms with Gasteiger partial charge in [-0.1, -0.05) is 0 Å². The van der Waals surface area contributed by atoms with Crippen molar-refractivity contribution in [2.45, 2.75) is 24.9 Å². The zero-order valence-electron chi connectivity index (χ0n) is 11.3. The average Bonchev–Trinajstić information content (AvgIpc) is 2.64. The lowest BCUT2D eigenvalue weighted by atomic mass is 9.98. The predicted octanol–water partition coefficient (Wildman–Crippen LogP) is 0.500. The first-order chi connectivity index (χ1) is 9.58. The molecule has 0 aromatic heterocycles. The Labute approximate surface area is 127 Å². The van der Waals surface area contributed by atoms with E-state index in [1.54, 1.807) is 4.90 Å². The van der Waals surface area contributed by atoms with Crippen LogP contribution in [0.15, 0.2) is 0 Å². The fourth-order valence-corrected chi connectivity index (χ4v) is 3.19. The minimum absolute atomic E-state index is 0.0228. The number of hydrogen-bond donors (Lipinski definition) is 1. The molecule has 2 aliphatic heterocycles. The van der Waals surface area contributed by atoms with Crippen LogP contribution in [0, 0.1) is 0 Å². The van der Waals surface area contributed by atoms with Crippen molar-refractivity contribution in [3.8, 4) is 0 Å². The number of fused-ring (bicyclic) bond motifs is 1. The van der Waals surface area contributed by atoms with Gasteiger partial charge in [0.05, 0.1) is 5.75 Å². The van der Waals surface area contributed by atoms with Crippen molar-refractivity contribution in [2.75, 3.05) is 31.0 Å². The van der Waals surface area contributed by atoms with Gasteiger partial charge >= 0.3 is 6.03 Å². The second-order valence-electron chi connectivity index (χ2n) is 4.89. The monoisotopic (exact) mass is 319 g/mol. The van der Waals surface area contributed by atoms with Crippen LogP contribution in [0.3, 0.4) is 0 Å². The van der Waals surface area contributed by atoms with E-state index in [-0.39, 0.29) is 36.3 Å². The van der Waals surface area contributed by atoms with Crippen molar-refractivity contribution in [3.05, 3.63) is 0 Å². The van der Waals surface area contributed by atoms with Gasteiger partial charge in [0.2, 0.25) is 5.91 Å². The Morgan fingerprint density at radius 2 is 2.25 bits per heavy atom. The Hall–Kier alpha value is -0.950. The van der Waals surface area contributed by atoms with Crippen LogP contribution in [0.2, 0.25) is 0 Å². The second-order valence-corrected chi connectivity index (χ2v) is 6.14. The normalized spacial score (nSPS) is 25.9. The lowest BCUT2D eigenvalue weighted by Gasteiger charge is -2.32. The highest BCUT2D eigenvalue weighted by atomic mass is 35.5. The van der Waals surface area contributed by atoms with Gasteiger partial charge in [-0.3, -0.25) is 14.5 Å². The molecule has 0 aromatic rings. The van der Waals surface area contributed by atoms with Crippen molar-refractivity contribution >= 4 is 41.2 Å². The third-order valence-electron chi connectivity index (χ3n) is 3.58. The van der Waals surface area contributed by atoms with Crippen LogP contribution in [-0.4, -0.2) is 70.7 Å². The number of urea groups is 1. The summed E-state index contributed by atoms with van der Waals surface area (Å²) in [6, 6.07) is -0.739. The molecule has 1 N–H and O–H groups in total. The quantitative estimate of drug-likeness (QED) is 0.592. The lowest BCUT2D eigenvalue weighted by Crippen LogP contribution is -2.50. The average molecular weight is 320 g/mol. The summed E-state index contributed by atoms with van der Waals surface area (Å²) in [7, 11) is 0. The molecule has 0 aromatic carbocycles. The van der Waals surface area contributed by atoms with E-state index < -0.39 is 6.04 Å². The van der Waals surface area contributed by atoms with Crippen LogP contribution >= 0.6 is 23.4 Å². The van der Waals surface area contributed by atoms with E-state index >= 15 is 0 Å². The van der Waals surface area contributed by atoms with Gasteiger partial charge in [-0.15, -0.1) is 11.6 Å². The summed E-state index contributed by atoms with van der Waals surface area (Å²) in [6.07, 6.45) is 3.04. The van der Waals surface area contributed by atoms with Crippen molar-refractivity contribution in [1.82, 2.24) is 15.1 Å². The van der Waals surface area contributed by atoms with Gasteiger partial charge in [-0.2, -0.15) is 11.8 Å². The Bertz CT molecular complexity index is 421. The molecule has 0 bridgehead atoms. The van der Waals surface area contributed by atoms with Crippen LogP contribution in [0.4, 0.5) is 4.79 Å². The molecule has 2 saturated heterocycles. The number of carbonyl (C=O) groups is 3. The second kappa shape index (κ2) is 6.67. The number of piperidine rings is 1. The van der Waals surface area contributed by atoms with E-state index in [4.69, 9.17) is 11.6 Å². The first-order valence-corrected chi connectivity index (χ1v) is 8.47. The molecule has 0 aliphatic carbocycles. The van der Waals surface area contributed by atoms with E-state index in [2.05, 4.69) is 5.32 Å². The maximum Gasteiger partial charge on any atom is 0.327 e. The predicted molar refractivity (Wildman–Crippen MR) is 77.9 cm³/mol. The van der Waals surface area contributed by atoms with Gasteiger partial charge in [-0.25, -0.2) is 4.79 Å². The zero-order chi connectivity index (χ0) is 14.7. The van der Waals surface area contributed by atoms with Gasteiger partial charge in [0.1, 0.15) is 6.04 Å². The molecule has 6 nitrogen and oxygen atoms in total. The van der Waals surface area contributed by atoms with Crippen LogP contribution in [0.5, 0.6) is 0 Å². The van der Waals surface area contributed by atoms with Gasteiger partial charge in [-0.05, 0) is 19.1 Å². The number of hydrogen-bond acceptors (Lipinski definition) is 4. The molecular formula is C12H18ClN3O3S. The highest BCUT2D eigenvalue weighted by Gasteiger charge is 2.47. The molecule has 2 aliphatic rings. The van der Waals surface area contributed by atoms with Crippen LogP contribution < -0.4 is 5.32 Å². The standard InChI is InChI=1S/C12H18ClN3O3S/c1-20-7-10(17)14-8-2-4-15-9(6-8)11(18)16(5-3-13)12(15)19/h8-9H,2-7H2,1H3,(H,14,17). The fourth-order valence-electron chi connectivity index (χ4n) is 2.68. The summed E-state index contributed by atoms with van der Waals surface area (Å²) in [5.41, 5.74) is 0. The fraction of sp³-hybridized carbons (Fsp3) is 0.750. The number of halogens is 1. The largest absolute Gasteiger partial charge is 0.352 e. The van der Waals surface area contributed by atoms with Gasteiger partial charge < -0.3 is 10.2 Å². The third kappa shape index (κ3) is 3.03. The number of carbonyl (C=O) groups excluding carboxylic acids is 3. The summed E-state index contributed by atoms with van der Waals surface area (Å²) in [5, 5.41) is 2.92. The molecule has 8 heteroatoms. The Morgan fingerprint density at radius 1 is 1.50 bits per heavy atom. The van der Waals surface area contributed by atoms with E-state index in [9.17, 15) is 14.4 Å². The minimum atomic E-state index is -0.445. The molecule has 2 rings (SSSR count). The van der Waals surface area contributed by atoms with Gasteiger partial charge in [0.15, 0.2) is 0 Å². The smallest absolute Gasteiger partial charge is 0.327 e. The molecule has 0 spiro atoms. The first kappa shape index (κ1) is 15.4. The Kier molecular flexibility index (Phi) is 5.15.